The van der Waals surface area contributed by atoms with Crippen LogP contribution in [0.15, 0.2) is 23.7 Å². The maximum atomic E-state index is 13.1. The van der Waals surface area contributed by atoms with Crippen LogP contribution in [0.25, 0.3) is 10.4 Å². The molecule has 0 radical (unpaired) electrons. The minimum absolute atomic E-state index is 0.00992. The van der Waals surface area contributed by atoms with Gasteiger partial charge in [-0.2, -0.15) is 0 Å². The molecule has 94 valence electrons. The minimum Gasteiger partial charge on any atom is -0.461 e. The molecule has 0 unspecified atom stereocenters. The second-order valence-corrected chi connectivity index (χ2v) is 4.64. The fraction of sp³-hybridized carbons (Fsp3) is 0.167. The summed E-state index contributed by atoms with van der Waals surface area (Å²) in [6.07, 6.45) is 0. The van der Waals surface area contributed by atoms with Crippen molar-refractivity contribution in [2.24, 2.45) is 0 Å². The van der Waals surface area contributed by atoms with E-state index < -0.39 is 11.8 Å². The Balaban J connectivity index is 2.42. The van der Waals surface area contributed by atoms with E-state index in [1.165, 1.54) is 23.5 Å². The van der Waals surface area contributed by atoms with E-state index in [4.69, 9.17) is 16.3 Å². The van der Waals surface area contributed by atoms with Crippen LogP contribution in [0.4, 0.5) is 4.39 Å². The van der Waals surface area contributed by atoms with Crippen molar-refractivity contribution in [1.29, 1.82) is 0 Å². The van der Waals surface area contributed by atoms with Crippen LogP contribution < -0.4 is 0 Å². The summed E-state index contributed by atoms with van der Waals surface area (Å²) in [5.74, 6) is -0.989. The molecule has 0 spiro atoms. The number of benzene rings is 1. The van der Waals surface area contributed by atoms with Crippen LogP contribution >= 0.6 is 22.9 Å². The number of esters is 1. The van der Waals surface area contributed by atoms with Crippen LogP contribution in [0.2, 0.25) is 5.02 Å². The molecule has 2 aromatic rings. The molecule has 2 rings (SSSR count). The molecule has 1 aromatic carbocycles. The third kappa shape index (κ3) is 2.52. The first kappa shape index (κ1) is 13.0. The van der Waals surface area contributed by atoms with Crippen LogP contribution in [0.3, 0.4) is 0 Å². The second-order valence-electron chi connectivity index (χ2n) is 3.38. The van der Waals surface area contributed by atoms with Gasteiger partial charge in [-0.1, -0.05) is 17.7 Å². The number of carbonyl (C=O) groups excluding carboxylic acids is 1. The van der Waals surface area contributed by atoms with Gasteiger partial charge in [-0.05, 0) is 24.6 Å². The highest BCUT2D eigenvalue weighted by atomic mass is 35.5. The van der Waals surface area contributed by atoms with Gasteiger partial charge in [0.2, 0.25) is 0 Å². The van der Waals surface area contributed by atoms with Crippen molar-refractivity contribution in [1.82, 2.24) is 4.98 Å². The van der Waals surface area contributed by atoms with Crippen molar-refractivity contribution in [3.05, 3.63) is 40.2 Å². The monoisotopic (exact) mass is 285 g/mol. The fourth-order valence-corrected chi connectivity index (χ4v) is 2.39. The molecule has 0 amide bonds. The summed E-state index contributed by atoms with van der Waals surface area (Å²) in [5.41, 5.74) is 2.41. The smallest absolute Gasteiger partial charge is 0.358 e. The highest BCUT2D eigenvalue weighted by Gasteiger charge is 2.18. The topological polar surface area (TPSA) is 39.2 Å². The highest BCUT2D eigenvalue weighted by Crippen LogP contribution is 2.30. The molecule has 0 fully saturated rings. The zero-order valence-electron chi connectivity index (χ0n) is 9.44. The molecule has 0 aliphatic heterocycles. The van der Waals surface area contributed by atoms with Crippen molar-refractivity contribution in [2.75, 3.05) is 6.61 Å². The van der Waals surface area contributed by atoms with Gasteiger partial charge in [0, 0.05) is 0 Å². The number of hydrogen-bond donors (Lipinski definition) is 0. The van der Waals surface area contributed by atoms with Crippen molar-refractivity contribution < 1.29 is 13.9 Å². The summed E-state index contributed by atoms with van der Waals surface area (Å²) in [6, 6.07) is 4.27. The summed E-state index contributed by atoms with van der Waals surface area (Å²) in [7, 11) is 0. The first-order chi connectivity index (χ1) is 8.63. The molecule has 18 heavy (non-hydrogen) atoms. The lowest BCUT2D eigenvalue weighted by Gasteiger charge is -2.03. The molecular weight excluding hydrogens is 277 g/mol. The normalized spacial score (nSPS) is 10.4. The number of aromatic nitrogens is 1. The Morgan fingerprint density at radius 1 is 1.56 bits per heavy atom. The number of halogens is 2. The zero-order valence-corrected chi connectivity index (χ0v) is 11.0. The van der Waals surface area contributed by atoms with E-state index in [9.17, 15) is 9.18 Å². The summed E-state index contributed by atoms with van der Waals surface area (Å²) < 4.78 is 18.0. The van der Waals surface area contributed by atoms with E-state index in [1.54, 1.807) is 18.5 Å². The summed E-state index contributed by atoms with van der Waals surface area (Å²) in [5, 5.41) is 0.00992. The Morgan fingerprint density at radius 2 is 2.33 bits per heavy atom. The number of nitrogens with zero attached hydrogens (tertiary/aromatic N) is 1. The van der Waals surface area contributed by atoms with E-state index in [0.717, 1.165) is 0 Å². The van der Waals surface area contributed by atoms with Gasteiger partial charge in [0.15, 0.2) is 5.69 Å². The predicted molar refractivity (Wildman–Crippen MR) is 68.5 cm³/mol. The van der Waals surface area contributed by atoms with E-state index >= 15 is 0 Å². The number of thiazole rings is 1. The fourth-order valence-electron chi connectivity index (χ4n) is 1.43. The molecule has 0 N–H and O–H groups in total. The Morgan fingerprint density at radius 3 is 3.00 bits per heavy atom. The molecule has 0 atom stereocenters. The molecule has 3 nitrogen and oxygen atoms in total. The van der Waals surface area contributed by atoms with Crippen LogP contribution in [0.5, 0.6) is 0 Å². The van der Waals surface area contributed by atoms with Crippen LogP contribution in [0, 0.1) is 5.82 Å². The molecule has 0 saturated carbocycles. The SMILES string of the molecule is CCOC(=O)c1ncsc1-c1ccc(F)c(Cl)c1. The van der Waals surface area contributed by atoms with Gasteiger partial charge >= 0.3 is 5.97 Å². The molecule has 0 bridgehead atoms. The second kappa shape index (κ2) is 5.46. The number of rotatable bonds is 3. The quantitative estimate of drug-likeness (QED) is 0.806. The van der Waals surface area contributed by atoms with Gasteiger partial charge in [-0.15, -0.1) is 11.3 Å². The Hall–Kier alpha value is -1.46. The lowest BCUT2D eigenvalue weighted by Crippen LogP contribution is -2.06. The molecule has 6 heteroatoms. The zero-order chi connectivity index (χ0) is 13.1. The average Bonchev–Trinajstić information content (AvgIpc) is 2.82. The summed E-state index contributed by atoms with van der Waals surface area (Å²) >= 11 is 7.00. The van der Waals surface area contributed by atoms with Crippen molar-refractivity contribution in [2.45, 2.75) is 6.92 Å². The van der Waals surface area contributed by atoms with Gasteiger partial charge < -0.3 is 4.74 Å². The average molecular weight is 286 g/mol. The first-order valence-electron chi connectivity index (χ1n) is 5.19. The number of hydrogen-bond acceptors (Lipinski definition) is 4. The lowest BCUT2D eigenvalue weighted by atomic mass is 10.1. The molecular formula is C12H9ClFNO2S. The highest BCUT2D eigenvalue weighted by molar-refractivity contribution is 7.13. The van der Waals surface area contributed by atoms with E-state index in [2.05, 4.69) is 4.98 Å². The molecule has 0 saturated heterocycles. The standard InChI is InChI=1S/C12H9ClFNO2S/c1-2-17-12(16)10-11(18-6-15-10)7-3-4-9(14)8(13)5-7/h3-6H,2H2,1H3. The van der Waals surface area contributed by atoms with E-state index in [0.29, 0.717) is 10.4 Å². The predicted octanol–water partition coefficient (Wildman–Crippen LogP) is 3.78. The van der Waals surface area contributed by atoms with Gasteiger partial charge in [0.25, 0.3) is 0 Å². The molecule has 1 aromatic heterocycles. The van der Waals surface area contributed by atoms with Gasteiger partial charge in [0.05, 0.1) is 22.0 Å². The maximum absolute atomic E-state index is 13.1. The minimum atomic E-state index is -0.498. The molecule has 0 aliphatic carbocycles. The van der Waals surface area contributed by atoms with E-state index in [1.807, 2.05) is 0 Å². The number of ether oxygens (including phenoxy) is 1. The van der Waals surface area contributed by atoms with Crippen LogP contribution in [0.1, 0.15) is 17.4 Å². The maximum Gasteiger partial charge on any atom is 0.358 e. The summed E-state index contributed by atoms with van der Waals surface area (Å²) in [4.78, 5) is 16.3. The third-order valence-electron chi connectivity index (χ3n) is 2.22. The van der Waals surface area contributed by atoms with Gasteiger partial charge in [-0.3, -0.25) is 0 Å². The Labute approximate surface area is 112 Å². The Bertz CT molecular complexity index is 585. The number of carbonyl (C=O) groups is 1. The molecule has 1 heterocycles. The van der Waals surface area contributed by atoms with Crippen LogP contribution in [-0.4, -0.2) is 17.6 Å². The molecule has 0 aliphatic rings. The third-order valence-corrected chi connectivity index (χ3v) is 3.38. The lowest BCUT2D eigenvalue weighted by molar-refractivity contribution is 0.0521. The van der Waals surface area contributed by atoms with E-state index in [-0.39, 0.29) is 17.3 Å². The first-order valence-corrected chi connectivity index (χ1v) is 6.45. The largest absolute Gasteiger partial charge is 0.461 e. The van der Waals surface area contributed by atoms with Crippen molar-refractivity contribution >= 4 is 28.9 Å². The Kier molecular flexibility index (Phi) is 3.93. The van der Waals surface area contributed by atoms with Crippen LogP contribution in [-0.2, 0) is 4.74 Å². The van der Waals surface area contributed by atoms with Gasteiger partial charge in [-0.25, -0.2) is 14.2 Å². The van der Waals surface area contributed by atoms with Crippen molar-refractivity contribution in [3.8, 4) is 10.4 Å². The van der Waals surface area contributed by atoms with Crippen molar-refractivity contribution in [3.63, 3.8) is 0 Å². The van der Waals surface area contributed by atoms with Gasteiger partial charge in [0.1, 0.15) is 5.82 Å². The summed E-state index contributed by atoms with van der Waals surface area (Å²) in [6.45, 7) is 2.00.